The molecule has 44 heavy (non-hydrogen) atoms. The van der Waals surface area contributed by atoms with Gasteiger partial charge in [0.15, 0.2) is 12.4 Å². The topological polar surface area (TPSA) is 294 Å². The van der Waals surface area contributed by atoms with Gasteiger partial charge in [0.25, 0.3) is 0 Å². The smallest absolute Gasteiger partial charge is 0.480 e. The summed E-state index contributed by atoms with van der Waals surface area (Å²) in [6, 6.07) is -4.09. The first-order valence-corrected chi connectivity index (χ1v) is 13.5. The largest absolute Gasteiger partial charge is 0.490 e. The maximum atomic E-state index is 11.2. The minimum atomic E-state index is -5.08. The van der Waals surface area contributed by atoms with E-state index in [0.717, 1.165) is 16.7 Å². The number of aliphatic carboxylic acids is 5. The molecule has 0 spiro atoms. The van der Waals surface area contributed by atoms with Crippen molar-refractivity contribution in [3.05, 3.63) is 29.1 Å². The lowest BCUT2D eigenvalue weighted by Gasteiger charge is -2.16. The molecule has 0 bridgehead atoms. The van der Waals surface area contributed by atoms with E-state index in [4.69, 9.17) is 43.0 Å². The number of carbonyl (C=O) groups is 5. The average Bonchev–Trinajstić information content (AvgIpc) is 2.92. The third kappa shape index (κ3) is 16.1. The third-order valence-corrected chi connectivity index (χ3v) is 6.50. The Hall–Kier alpha value is -3.87. The summed E-state index contributed by atoms with van der Waals surface area (Å²) < 4.78 is 33.6. The molecule has 0 aromatic carbocycles. The van der Waals surface area contributed by atoms with Crippen molar-refractivity contribution in [3.8, 4) is 0 Å². The van der Waals surface area contributed by atoms with Gasteiger partial charge in [-0.1, -0.05) is 0 Å². The van der Waals surface area contributed by atoms with Gasteiger partial charge in [0, 0.05) is 17.5 Å². The second-order valence-corrected chi connectivity index (χ2v) is 10.1. The molecule has 250 valence electrons. The molecule has 4 atom stereocenters. The van der Waals surface area contributed by atoms with Crippen LogP contribution in [0.4, 0.5) is 13.2 Å². The fourth-order valence-corrected chi connectivity index (χ4v) is 3.95. The van der Waals surface area contributed by atoms with E-state index in [1.807, 2.05) is 17.0 Å². The molecule has 0 saturated heterocycles. The van der Waals surface area contributed by atoms with E-state index in [9.17, 15) is 42.6 Å². The van der Waals surface area contributed by atoms with Gasteiger partial charge in [-0.05, 0) is 63.4 Å². The molecule has 1 rings (SSSR count). The summed E-state index contributed by atoms with van der Waals surface area (Å²) in [5.74, 6) is -7.17. The number of carboxylic acids is 5. The van der Waals surface area contributed by atoms with E-state index in [2.05, 4.69) is 0 Å². The number of rotatable bonds is 19. The van der Waals surface area contributed by atoms with Crippen LogP contribution in [0.25, 0.3) is 0 Å². The number of hydrogen-bond donors (Lipinski definition) is 9. The first kappa shape index (κ1) is 40.1. The van der Waals surface area contributed by atoms with Gasteiger partial charge in [-0.15, -0.1) is 0 Å². The minimum Gasteiger partial charge on any atom is -0.480 e. The average molecular weight is 641 g/mol. The van der Waals surface area contributed by atoms with Gasteiger partial charge in [-0.2, -0.15) is 13.2 Å². The molecule has 0 aliphatic rings. The van der Waals surface area contributed by atoms with Gasteiger partial charge in [0.1, 0.15) is 30.7 Å². The third-order valence-electron chi connectivity index (χ3n) is 6.50. The number of hydrogen-bond acceptors (Lipinski definition) is 9. The first-order valence-electron chi connectivity index (χ1n) is 13.5. The molecule has 13 N–H and O–H groups in total. The van der Waals surface area contributed by atoms with Crippen LogP contribution in [0.5, 0.6) is 0 Å². The highest BCUT2D eigenvalue weighted by atomic mass is 19.4. The van der Waals surface area contributed by atoms with Crippen LogP contribution in [-0.2, 0) is 49.8 Å². The van der Waals surface area contributed by atoms with Crippen LogP contribution < -0.4 is 27.5 Å². The Bertz CT molecular complexity index is 1090. The Kier molecular flexibility index (Phi) is 17.7. The molecule has 0 amide bonds. The zero-order valence-electron chi connectivity index (χ0n) is 23.9. The lowest BCUT2D eigenvalue weighted by molar-refractivity contribution is -0.698. The zero-order valence-corrected chi connectivity index (χ0v) is 23.9. The Morgan fingerprint density at radius 1 is 0.614 bits per heavy atom. The summed E-state index contributed by atoms with van der Waals surface area (Å²) in [5, 5.41) is 43.5. The van der Waals surface area contributed by atoms with Gasteiger partial charge in [0.05, 0.1) is 0 Å². The number of nitrogens with two attached hydrogens (primary N) is 4. The second kappa shape index (κ2) is 19.4. The van der Waals surface area contributed by atoms with E-state index in [0.29, 0.717) is 51.5 Å². The van der Waals surface area contributed by atoms with Crippen molar-refractivity contribution in [2.24, 2.45) is 22.9 Å². The molecule has 15 nitrogen and oxygen atoms in total. The van der Waals surface area contributed by atoms with E-state index < -0.39 is 60.2 Å². The Morgan fingerprint density at radius 2 is 0.955 bits per heavy atom. The van der Waals surface area contributed by atoms with Crippen molar-refractivity contribution in [1.29, 1.82) is 0 Å². The van der Waals surface area contributed by atoms with E-state index in [1.165, 1.54) is 0 Å². The van der Waals surface area contributed by atoms with Crippen molar-refractivity contribution in [2.45, 2.75) is 101 Å². The Balaban J connectivity index is 0.00000234. The molecular formula is C26H41F3N5O10+. The van der Waals surface area contributed by atoms with Crippen LogP contribution in [0.3, 0.4) is 0 Å². The molecule has 0 unspecified atom stereocenters. The molecular weight excluding hydrogens is 599 g/mol. The maximum Gasteiger partial charge on any atom is 0.490 e. The van der Waals surface area contributed by atoms with Crippen LogP contribution >= 0.6 is 0 Å². The molecule has 0 aliphatic heterocycles. The fourth-order valence-electron chi connectivity index (χ4n) is 3.95. The highest BCUT2D eigenvalue weighted by Crippen LogP contribution is 2.21. The van der Waals surface area contributed by atoms with Crippen molar-refractivity contribution < 1.29 is 67.2 Å². The van der Waals surface area contributed by atoms with Crippen molar-refractivity contribution >= 4 is 29.8 Å². The van der Waals surface area contributed by atoms with Gasteiger partial charge >= 0.3 is 36.0 Å². The van der Waals surface area contributed by atoms with Gasteiger partial charge < -0.3 is 48.5 Å². The molecule has 0 fully saturated rings. The van der Waals surface area contributed by atoms with Gasteiger partial charge in [-0.25, -0.2) is 9.36 Å². The van der Waals surface area contributed by atoms with Gasteiger partial charge in [0.2, 0.25) is 0 Å². The summed E-state index contributed by atoms with van der Waals surface area (Å²) in [6.07, 6.45) is 2.38. The number of nitrogens with zero attached hydrogens (tertiary/aromatic N) is 1. The van der Waals surface area contributed by atoms with Crippen LogP contribution in [0.1, 0.15) is 61.6 Å². The summed E-state index contributed by atoms with van der Waals surface area (Å²) >= 11 is 0. The van der Waals surface area contributed by atoms with Gasteiger partial charge in [-0.3, -0.25) is 19.2 Å². The number of pyridine rings is 1. The number of aromatic nitrogens is 1. The van der Waals surface area contributed by atoms with Crippen LogP contribution in [0, 0.1) is 0 Å². The van der Waals surface area contributed by atoms with Crippen LogP contribution in [0.15, 0.2) is 12.4 Å². The minimum absolute atomic E-state index is 0.169. The number of alkyl halides is 3. The van der Waals surface area contributed by atoms with Crippen LogP contribution in [0.2, 0.25) is 0 Å². The number of halogens is 3. The highest BCUT2D eigenvalue weighted by molar-refractivity contribution is 5.74. The molecule has 1 aromatic heterocycles. The van der Waals surface area contributed by atoms with Crippen molar-refractivity contribution in [3.63, 3.8) is 0 Å². The van der Waals surface area contributed by atoms with E-state index in [-0.39, 0.29) is 19.3 Å². The van der Waals surface area contributed by atoms with E-state index in [1.54, 1.807) is 0 Å². The molecule has 0 radical (unpaired) electrons. The highest BCUT2D eigenvalue weighted by Gasteiger charge is 2.38. The lowest BCUT2D eigenvalue weighted by Crippen LogP contribution is -2.37. The van der Waals surface area contributed by atoms with Crippen molar-refractivity contribution in [1.82, 2.24) is 0 Å². The predicted octanol–water partition coefficient (Wildman–Crippen LogP) is -0.387. The number of carboxylic acid groups (broad SMARTS) is 5. The summed E-state index contributed by atoms with van der Waals surface area (Å²) in [7, 11) is 0. The molecule has 0 aliphatic carbocycles. The monoisotopic (exact) mass is 640 g/mol. The first-order chi connectivity index (χ1) is 20.3. The quantitative estimate of drug-likeness (QED) is 0.0688. The molecule has 1 heterocycles. The number of aryl methyl sites for hydroxylation is 3. The van der Waals surface area contributed by atoms with Crippen molar-refractivity contribution in [2.75, 3.05) is 0 Å². The Labute approximate surface area is 250 Å². The molecule has 18 heteroatoms. The summed E-state index contributed by atoms with van der Waals surface area (Å²) in [4.78, 5) is 53.4. The SMILES string of the molecule is N[C@@H](CCCC[n+]1cc(CC[C@H](N)C(=O)O)c(CCC[C@H](N)C(=O)O)c(CC[C@H](N)C(=O)O)c1)C(=O)O.O=C(O)C(F)(F)F. The fraction of sp³-hybridized carbons (Fsp3) is 0.615. The number of unbranched alkanes of at least 4 members (excludes halogenated alkanes) is 1. The molecule has 0 saturated carbocycles. The predicted molar refractivity (Wildman–Crippen MR) is 146 cm³/mol. The summed E-state index contributed by atoms with van der Waals surface area (Å²) in [5.41, 5.74) is 25.2. The van der Waals surface area contributed by atoms with Crippen LogP contribution in [-0.4, -0.2) is 85.7 Å². The maximum absolute atomic E-state index is 11.2. The van der Waals surface area contributed by atoms with E-state index >= 15 is 0 Å². The zero-order chi connectivity index (χ0) is 34.2. The lowest BCUT2D eigenvalue weighted by atomic mass is 9.91. The summed E-state index contributed by atoms with van der Waals surface area (Å²) in [6.45, 7) is 0.534. The normalized spacial score (nSPS) is 14.0. The molecule has 1 aromatic rings. The Morgan fingerprint density at radius 3 is 1.30 bits per heavy atom. The standard InChI is InChI=1S/C24H39N5O8.C2HF3O2/c25-17(21(30)31)5-1-2-11-29-12-14(7-9-19(27)23(34)35)16(4-3-6-18(26)22(32)33)15(13-29)8-10-20(28)24(36)37;3-2(4,5)1(6)7/h12-13,17-20H,1-11,25-28H2,(H3-,30,31,32,33,34,35,36,37);(H,6,7)/p+1/t17-,18-,19-,20-;/m0./s1. The second-order valence-electron chi connectivity index (χ2n) is 10.1.